The average Bonchev–Trinajstić information content (AvgIpc) is 2.23. The number of ether oxygens (including phenoxy) is 1. The Balaban J connectivity index is 2.46. The highest BCUT2D eigenvalue weighted by atomic mass is 35.5. The number of rotatable bonds is 6. The van der Waals surface area contributed by atoms with Crippen LogP contribution in [-0.4, -0.2) is 35.9 Å². The number of nitrogens with one attached hydrogen (secondary N) is 1. The summed E-state index contributed by atoms with van der Waals surface area (Å²) in [4.78, 5) is 11.8. The molecule has 16 heavy (non-hydrogen) atoms. The first kappa shape index (κ1) is 14.1. The van der Waals surface area contributed by atoms with Gasteiger partial charge in [0.05, 0.1) is 17.6 Å². The lowest BCUT2D eigenvalue weighted by atomic mass is 9.77. The van der Waals surface area contributed by atoms with Crippen molar-refractivity contribution >= 4 is 29.1 Å². The lowest BCUT2D eigenvalue weighted by molar-refractivity contribution is -0.135. The molecule has 1 aliphatic rings. The van der Waals surface area contributed by atoms with Gasteiger partial charge in [-0.25, -0.2) is 0 Å². The van der Waals surface area contributed by atoms with Crippen molar-refractivity contribution in [3.63, 3.8) is 0 Å². The molecule has 0 saturated heterocycles. The molecule has 1 aliphatic carbocycles. The summed E-state index contributed by atoms with van der Waals surface area (Å²) in [5.41, 5.74) is -0.775. The van der Waals surface area contributed by atoms with Gasteiger partial charge in [-0.1, -0.05) is 0 Å². The first-order valence-corrected chi connectivity index (χ1v) is 6.54. The first-order chi connectivity index (χ1) is 7.49. The second-order valence-electron chi connectivity index (χ2n) is 4.79. The average molecular weight is 268 g/mol. The standard InChI is InChI=1S/C11H19Cl2NO2/c1-10(7-12,8-13)14-9(15)6-11(16-2)4-3-5-11/h3-8H2,1-2H3,(H,14,15). The number of methoxy groups -OCH3 is 1. The third-order valence-corrected chi connectivity index (χ3v) is 4.39. The van der Waals surface area contributed by atoms with Crippen LogP contribution in [0.1, 0.15) is 32.6 Å². The second-order valence-corrected chi connectivity index (χ2v) is 5.33. The van der Waals surface area contributed by atoms with Crippen LogP contribution in [0, 0.1) is 0 Å². The molecule has 1 saturated carbocycles. The summed E-state index contributed by atoms with van der Waals surface area (Å²) in [7, 11) is 1.66. The Morgan fingerprint density at radius 1 is 1.44 bits per heavy atom. The van der Waals surface area contributed by atoms with Crippen LogP contribution in [0.4, 0.5) is 0 Å². The summed E-state index contributed by atoms with van der Waals surface area (Å²) in [6.07, 6.45) is 3.43. The van der Waals surface area contributed by atoms with E-state index in [9.17, 15) is 4.79 Å². The summed E-state index contributed by atoms with van der Waals surface area (Å²) in [5, 5.41) is 2.87. The van der Waals surface area contributed by atoms with Crippen LogP contribution in [-0.2, 0) is 9.53 Å². The molecule has 5 heteroatoms. The number of carbonyl (C=O) groups is 1. The van der Waals surface area contributed by atoms with E-state index >= 15 is 0 Å². The Kier molecular flexibility index (Phi) is 4.89. The zero-order chi connectivity index (χ0) is 12.2. The predicted molar refractivity (Wildman–Crippen MR) is 66.2 cm³/mol. The van der Waals surface area contributed by atoms with E-state index in [2.05, 4.69) is 5.32 Å². The van der Waals surface area contributed by atoms with Crippen LogP contribution >= 0.6 is 23.2 Å². The number of alkyl halides is 2. The van der Waals surface area contributed by atoms with Crippen LogP contribution in [0.25, 0.3) is 0 Å². The van der Waals surface area contributed by atoms with E-state index in [-0.39, 0.29) is 11.5 Å². The maximum absolute atomic E-state index is 11.8. The third kappa shape index (κ3) is 3.25. The fourth-order valence-electron chi connectivity index (χ4n) is 1.80. The van der Waals surface area contributed by atoms with E-state index in [1.807, 2.05) is 6.92 Å². The van der Waals surface area contributed by atoms with Crippen molar-refractivity contribution in [2.24, 2.45) is 0 Å². The highest BCUT2D eigenvalue weighted by Crippen LogP contribution is 2.38. The smallest absolute Gasteiger partial charge is 0.223 e. The molecular weight excluding hydrogens is 249 g/mol. The second kappa shape index (κ2) is 5.56. The first-order valence-electron chi connectivity index (χ1n) is 5.47. The van der Waals surface area contributed by atoms with Crippen molar-refractivity contribution in [2.45, 2.75) is 43.7 Å². The third-order valence-electron chi connectivity index (χ3n) is 3.21. The minimum Gasteiger partial charge on any atom is -0.378 e. The van der Waals surface area contributed by atoms with Crippen molar-refractivity contribution in [1.82, 2.24) is 5.32 Å². The lowest BCUT2D eigenvalue weighted by Crippen LogP contribution is -2.52. The Morgan fingerprint density at radius 3 is 2.31 bits per heavy atom. The van der Waals surface area contributed by atoms with Gasteiger partial charge in [-0.15, -0.1) is 23.2 Å². The van der Waals surface area contributed by atoms with Crippen molar-refractivity contribution < 1.29 is 9.53 Å². The van der Waals surface area contributed by atoms with E-state index in [1.165, 1.54) is 0 Å². The summed E-state index contributed by atoms with van der Waals surface area (Å²) in [6.45, 7) is 1.84. The Labute approximate surface area is 107 Å². The number of amides is 1. The molecule has 0 aromatic rings. The van der Waals surface area contributed by atoms with Crippen LogP contribution in [0.15, 0.2) is 0 Å². The fraction of sp³-hybridized carbons (Fsp3) is 0.909. The van der Waals surface area contributed by atoms with Crippen molar-refractivity contribution in [1.29, 1.82) is 0 Å². The van der Waals surface area contributed by atoms with Gasteiger partial charge in [0.25, 0.3) is 0 Å². The van der Waals surface area contributed by atoms with Gasteiger partial charge < -0.3 is 10.1 Å². The molecule has 0 aliphatic heterocycles. The molecule has 1 fully saturated rings. The van der Waals surface area contributed by atoms with Crippen LogP contribution in [0.3, 0.4) is 0 Å². The molecule has 94 valence electrons. The molecule has 0 aromatic carbocycles. The molecule has 1 rings (SSSR count). The maximum Gasteiger partial charge on any atom is 0.223 e. The molecule has 0 unspecified atom stereocenters. The molecule has 0 aromatic heterocycles. The monoisotopic (exact) mass is 267 g/mol. The minimum atomic E-state index is -0.529. The van der Waals surface area contributed by atoms with Gasteiger partial charge in [-0.2, -0.15) is 0 Å². The van der Waals surface area contributed by atoms with E-state index in [0.29, 0.717) is 18.2 Å². The molecule has 0 heterocycles. The fourth-order valence-corrected chi connectivity index (χ4v) is 2.22. The van der Waals surface area contributed by atoms with E-state index in [1.54, 1.807) is 7.11 Å². The zero-order valence-electron chi connectivity index (χ0n) is 9.82. The summed E-state index contributed by atoms with van der Waals surface area (Å²) < 4.78 is 5.40. The van der Waals surface area contributed by atoms with Crippen molar-refractivity contribution in [3.8, 4) is 0 Å². The van der Waals surface area contributed by atoms with Crippen molar-refractivity contribution in [3.05, 3.63) is 0 Å². The number of hydrogen-bond acceptors (Lipinski definition) is 2. The molecular formula is C11H19Cl2NO2. The van der Waals surface area contributed by atoms with Crippen LogP contribution < -0.4 is 5.32 Å². The normalized spacial score (nSPS) is 19.0. The van der Waals surface area contributed by atoms with Gasteiger partial charge in [-0.05, 0) is 26.2 Å². The summed E-state index contributed by atoms with van der Waals surface area (Å²) in [5.74, 6) is 0.579. The minimum absolute atomic E-state index is 0.0367. The molecule has 0 atom stereocenters. The van der Waals surface area contributed by atoms with Gasteiger partial charge in [-0.3, -0.25) is 4.79 Å². The van der Waals surface area contributed by atoms with E-state index < -0.39 is 5.54 Å². The van der Waals surface area contributed by atoms with Crippen LogP contribution in [0.2, 0.25) is 0 Å². The molecule has 0 bridgehead atoms. The largest absolute Gasteiger partial charge is 0.378 e. The van der Waals surface area contributed by atoms with Crippen molar-refractivity contribution in [2.75, 3.05) is 18.9 Å². The van der Waals surface area contributed by atoms with Gasteiger partial charge in [0.1, 0.15) is 0 Å². The highest BCUT2D eigenvalue weighted by Gasteiger charge is 2.40. The van der Waals surface area contributed by atoms with Gasteiger partial charge in [0, 0.05) is 18.9 Å². The predicted octanol–water partition coefficient (Wildman–Crippen LogP) is 2.30. The molecule has 1 amide bonds. The number of carbonyl (C=O) groups excluding carboxylic acids is 1. The number of hydrogen-bond donors (Lipinski definition) is 1. The Hall–Kier alpha value is 0.01000. The van der Waals surface area contributed by atoms with Gasteiger partial charge in [0.15, 0.2) is 0 Å². The summed E-state index contributed by atoms with van der Waals surface area (Å²) in [6, 6.07) is 0. The van der Waals surface area contributed by atoms with Crippen LogP contribution in [0.5, 0.6) is 0 Å². The van der Waals surface area contributed by atoms with Gasteiger partial charge in [0.2, 0.25) is 5.91 Å². The Bertz CT molecular complexity index is 228. The van der Waals surface area contributed by atoms with E-state index in [0.717, 1.165) is 19.3 Å². The molecule has 0 radical (unpaired) electrons. The summed E-state index contributed by atoms with van der Waals surface area (Å²) >= 11 is 11.6. The lowest BCUT2D eigenvalue weighted by Gasteiger charge is -2.40. The number of halogens is 2. The Morgan fingerprint density at radius 2 is 2.00 bits per heavy atom. The zero-order valence-corrected chi connectivity index (χ0v) is 11.3. The molecule has 1 N–H and O–H groups in total. The SMILES string of the molecule is COC1(CC(=O)NC(C)(CCl)CCl)CCC1. The maximum atomic E-state index is 11.8. The topological polar surface area (TPSA) is 38.3 Å². The quantitative estimate of drug-likeness (QED) is 0.751. The molecule has 0 spiro atoms. The van der Waals surface area contributed by atoms with Gasteiger partial charge >= 0.3 is 0 Å². The molecule has 3 nitrogen and oxygen atoms in total. The van der Waals surface area contributed by atoms with E-state index in [4.69, 9.17) is 27.9 Å². The highest BCUT2D eigenvalue weighted by molar-refractivity contribution is 6.22.